The summed E-state index contributed by atoms with van der Waals surface area (Å²) in [4.78, 5) is 47.5. The summed E-state index contributed by atoms with van der Waals surface area (Å²) in [6, 6.07) is -3.92. The van der Waals surface area contributed by atoms with Crippen molar-refractivity contribution in [2.75, 3.05) is 11.5 Å². The molecule has 0 fully saturated rings. The lowest BCUT2D eigenvalue weighted by atomic mass is 9.97. The molecular formula is C15H28N4O5S2. The van der Waals surface area contributed by atoms with Gasteiger partial charge in [-0.05, 0) is 12.8 Å². The van der Waals surface area contributed by atoms with Crippen molar-refractivity contribution in [3.63, 3.8) is 0 Å². The predicted molar refractivity (Wildman–Crippen MR) is 104 cm³/mol. The van der Waals surface area contributed by atoms with Gasteiger partial charge in [-0.1, -0.05) is 20.3 Å². The minimum absolute atomic E-state index is 0.00274. The summed E-state index contributed by atoms with van der Waals surface area (Å²) < 4.78 is 0. The molecule has 0 aliphatic carbocycles. The summed E-state index contributed by atoms with van der Waals surface area (Å²) in [6.07, 6.45) is 0.572. The Bertz CT molecular complexity index is 520. The van der Waals surface area contributed by atoms with E-state index >= 15 is 0 Å². The molecule has 0 aromatic carbocycles. The molecule has 0 aliphatic rings. The fraction of sp³-hybridized carbons (Fsp3) is 0.733. The standard InChI is InChI=1S/C15H28N4O5S2/c1-4-7(2)11(14(22)17-8(3)15(23)24)19-13(21)10(6-26)18-12(20)9(16)5-25/h7-11,25-26H,4-6,16H2,1-3H3,(H,17,22)(H,18,20)(H,19,21)(H,23,24). The number of nitrogens with one attached hydrogen (secondary N) is 3. The monoisotopic (exact) mass is 408 g/mol. The zero-order valence-electron chi connectivity index (χ0n) is 15.1. The Morgan fingerprint density at radius 1 is 0.962 bits per heavy atom. The average molecular weight is 409 g/mol. The molecule has 26 heavy (non-hydrogen) atoms. The van der Waals surface area contributed by atoms with Crippen LogP contribution >= 0.6 is 25.3 Å². The molecule has 11 heteroatoms. The van der Waals surface area contributed by atoms with Crippen molar-refractivity contribution in [1.29, 1.82) is 0 Å². The molecule has 5 atom stereocenters. The van der Waals surface area contributed by atoms with Crippen molar-refractivity contribution in [3.05, 3.63) is 0 Å². The Morgan fingerprint density at radius 3 is 1.96 bits per heavy atom. The number of carbonyl (C=O) groups excluding carboxylic acids is 3. The second-order valence-corrected chi connectivity index (χ2v) is 6.70. The second kappa shape index (κ2) is 12.0. The molecule has 6 N–H and O–H groups in total. The van der Waals surface area contributed by atoms with Gasteiger partial charge in [0, 0.05) is 11.5 Å². The molecule has 0 aliphatic heterocycles. The first-order chi connectivity index (χ1) is 12.1. The van der Waals surface area contributed by atoms with Crippen molar-refractivity contribution in [1.82, 2.24) is 16.0 Å². The SMILES string of the molecule is CCC(C)C(NC(=O)C(CS)NC(=O)C(N)CS)C(=O)NC(C)C(=O)O. The van der Waals surface area contributed by atoms with Crippen LogP contribution in [0.1, 0.15) is 27.2 Å². The molecule has 0 saturated carbocycles. The molecule has 0 aromatic heterocycles. The van der Waals surface area contributed by atoms with Crippen molar-refractivity contribution < 1.29 is 24.3 Å². The lowest BCUT2D eigenvalue weighted by Gasteiger charge is -2.27. The van der Waals surface area contributed by atoms with Gasteiger partial charge in [0.15, 0.2) is 0 Å². The van der Waals surface area contributed by atoms with Crippen LogP contribution in [0.4, 0.5) is 0 Å². The molecular weight excluding hydrogens is 380 g/mol. The average Bonchev–Trinajstić information content (AvgIpc) is 2.61. The highest BCUT2D eigenvalue weighted by Crippen LogP contribution is 2.09. The van der Waals surface area contributed by atoms with Crippen molar-refractivity contribution in [2.24, 2.45) is 11.7 Å². The van der Waals surface area contributed by atoms with Crippen molar-refractivity contribution in [3.8, 4) is 0 Å². The first-order valence-electron chi connectivity index (χ1n) is 8.20. The topological polar surface area (TPSA) is 151 Å². The summed E-state index contributed by atoms with van der Waals surface area (Å²) in [6.45, 7) is 4.91. The largest absolute Gasteiger partial charge is 0.480 e. The van der Waals surface area contributed by atoms with E-state index in [-0.39, 0.29) is 17.4 Å². The quantitative estimate of drug-likeness (QED) is 0.213. The molecule has 0 radical (unpaired) electrons. The third-order valence-electron chi connectivity index (χ3n) is 3.87. The maximum atomic E-state index is 12.4. The predicted octanol–water partition coefficient (Wildman–Crippen LogP) is -1.22. The highest BCUT2D eigenvalue weighted by molar-refractivity contribution is 7.80. The van der Waals surface area contributed by atoms with E-state index in [1.54, 1.807) is 6.92 Å². The number of amides is 3. The number of carboxylic acid groups (broad SMARTS) is 1. The van der Waals surface area contributed by atoms with Crippen LogP contribution in [0.2, 0.25) is 0 Å². The number of hydrogen-bond donors (Lipinski definition) is 7. The van der Waals surface area contributed by atoms with Gasteiger partial charge in [0.25, 0.3) is 0 Å². The second-order valence-electron chi connectivity index (χ2n) is 5.97. The zero-order chi connectivity index (χ0) is 20.4. The number of aliphatic carboxylic acids is 1. The first-order valence-corrected chi connectivity index (χ1v) is 9.46. The Labute approximate surface area is 164 Å². The van der Waals surface area contributed by atoms with E-state index in [1.165, 1.54) is 6.92 Å². The Kier molecular flexibility index (Phi) is 11.3. The first kappa shape index (κ1) is 24.5. The number of thiol groups is 2. The van der Waals surface area contributed by atoms with Gasteiger partial charge in [-0.15, -0.1) is 0 Å². The molecule has 5 unspecified atom stereocenters. The minimum Gasteiger partial charge on any atom is -0.480 e. The van der Waals surface area contributed by atoms with Crippen molar-refractivity contribution in [2.45, 2.75) is 51.4 Å². The Hall–Kier alpha value is -1.46. The molecule has 0 heterocycles. The summed E-state index contributed by atoms with van der Waals surface area (Å²) in [5.41, 5.74) is 5.56. The van der Waals surface area contributed by atoms with Gasteiger partial charge in [-0.3, -0.25) is 19.2 Å². The van der Waals surface area contributed by atoms with Gasteiger partial charge in [-0.25, -0.2) is 0 Å². The van der Waals surface area contributed by atoms with E-state index in [9.17, 15) is 19.2 Å². The lowest BCUT2D eigenvalue weighted by Crippen LogP contribution is -2.59. The van der Waals surface area contributed by atoms with E-state index in [1.807, 2.05) is 6.92 Å². The van der Waals surface area contributed by atoms with Gasteiger partial charge in [-0.2, -0.15) is 25.3 Å². The molecule has 9 nitrogen and oxygen atoms in total. The van der Waals surface area contributed by atoms with Crippen LogP contribution < -0.4 is 21.7 Å². The third-order valence-corrected chi connectivity index (χ3v) is 4.63. The summed E-state index contributed by atoms with van der Waals surface area (Å²) in [7, 11) is 0. The molecule has 3 amide bonds. The van der Waals surface area contributed by atoms with Crippen LogP contribution in [0, 0.1) is 5.92 Å². The fourth-order valence-corrected chi connectivity index (χ4v) is 2.30. The van der Waals surface area contributed by atoms with Gasteiger partial charge in [0.2, 0.25) is 17.7 Å². The maximum Gasteiger partial charge on any atom is 0.325 e. The van der Waals surface area contributed by atoms with Gasteiger partial charge < -0.3 is 26.8 Å². The van der Waals surface area contributed by atoms with Crippen LogP contribution in [0.5, 0.6) is 0 Å². The molecule has 0 aromatic rings. The van der Waals surface area contributed by atoms with E-state index in [0.29, 0.717) is 6.42 Å². The molecule has 0 bridgehead atoms. The summed E-state index contributed by atoms with van der Waals surface area (Å²) in [5, 5.41) is 16.3. The third kappa shape index (κ3) is 7.83. The fourth-order valence-electron chi connectivity index (χ4n) is 1.88. The van der Waals surface area contributed by atoms with Crippen LogP contribution in [-0.2, 0) is 19.2 Å². The van der Waals surface area contributed by atoms with Crippen LogP contribution in [-0.4, -0.2) is 64.5 Å². The smallest absolute Gasteiger partial charge is 0.325 e. The number of carboxylic acids is 1. The highest BCUT2D eigenvalue weighted by Gasteiger charge is 2.31. The molecule has 0 spiro atoms. The van der Waals surface area contributed by atoms with E-state index in [2.05, 4.69) is 41.2 Å². The van der Waals surface area contributed by atoms with Crippen LogP contribution in [0.25, 0.3) is 0 Å². The van der Waals surface area contributed by atoms with Crippen molar-refractivity contribution >= 4 is 48.9 Å². The zero-order valence-corrected chi connectivity index (χ0v) is 16.8. The maximum absolute atomic E-state index is 12.4. The van der Waals surface area contributed by atoms with Crippen LogP contribution in [0.15, 0.2) is 0 Å². The number of carbonyl (C=O) groups is 4. The molecule has 150 valence electrons. The van der Waals surface area contributed by atoms with Gasteiger partial charge in [0.05, 0.1) is 6.04 Å². The minimum atomic E-state index is -1.19. The Morgan fingerprint density at radius 2 is 1.54 bits per heavy atom. The van der Waals surface area contributed by atoms with E-state index < -0.39 is 47.9 Å². The van der Waals surface area contributed by atoms with Gasteiger partial charge in [0.1, 0.15) is 18.1 Å². The number of hydrogen-bond acceptors (Lipinski definition) is 7. The number of rotatable bonds is 11. The molecule has 0 saturated heterocycles. The van der Waals surface area contributed by atoms with E-state index in [4.69, 9.17) is 10.8 Å². The van der Waals surface area contributed by atoms with Gasteiger partial charge >= 0.3 is 5.97 Å². The number of nitrogens with two attached hydrogens (primary N) is 1. The normalized spacial score (nSPS) is 16.5. The summed E-state index contributed by atoms with van der Waals surface area (Å²) in [5.74, 6) is -3.11. The van der Waals surface area contributed by atoms with E-state index in [0.717, 1.165) is 0 Å². The van der Waals surface area contributed by atoms with Crippen LogP contribution in [0.3, 0.4) is 0 Å². The Balaban J connectivity index is 5.12. The highest BCUT2D eigenvalue weighted by atomic mass is 32.1. The lowest BCUT2D eigenvalue weighted by molar-refractivity contribution is -0.142. The molecule has 0 rings (SSSR count). The summed E-state index contributed by atoms with van der Waals surface area (Å²) >= 11 is 7.97.